The van der Waals surface area contributed by atoms with Gasteiger partial charge >= 0.3 is 0 Å². The van der Waals surface area contributed by atoms with Crippen molar-refractivity contribution in [3.63, 3.8) is 0 Å². The number of rotatable bonds is 3. The van der Waals surface area contributed by atoms with Gasteiger partial charge in [0.1, 0.15) is 11.5 Å². The van der Waals surface area contributed by atoms with Gasteiger partial charge in [0.05, 0.1) is 19.9 Å². The third kappa shape index (κ3) is 2.60. The molecule has 1 aromatic rings. The zero-order chi connectivity index (χ0) is 11.4. The molecule has 1 aromatic carbocycles. The van der Waals surface area contributed by atoms with Gasteiger partial charge in [0.25, 0.3) is 0 Å². The Labute approximate surface area is 88.3 Å². The highest BCUT2D eigenvalue weighted by Gasteiger charge is 2.09. The van der Waals surface area contributed by atoms with Crippen molar-refractivity contribution in [1.82, 2.24) is 0 Å². The summed E-state index contributed by atoms with van der Waals surface area (Å²) in [7, 11) is 3.07. The van der Waals surface area contributed by atoms with Crippen LogP contribution in [0.3, 0.4) is 0 Å². The van der Waals surface area contributed by atoms with Crippen LogP contribution in [0.4, 0.5) is 5.69 Å². The molecule has 1 amide bonds. The minimum atomic E-state index is -0.259. The van der Waals surface area contributed by atoms with Gasteiger partial charge in [0, 0.05) is 25.1 Å². The fraction of sp³-hybridized carbons (Fsp3) is 0.300. The van der Waals surface area contributed by atoms with Gasteiger partial charge in [-0.25, -0.2) is 10.9 Å². The first-order valence-corrected chi connectivity index (χ1v) is 4.37. The maximum absolute atomic E-state index is 11.1. The maximum Gasteiger partial charge on any atom is 0.238 e. The molecule has 0 unspecified atom stereocenters. The van der Waals surface area contributed by atoms with Crippen LogP contribution in [-0.2, 0) is 4.79 Å². The quantitative estimate of drug-likeness (QED) is 0.458. The second-order valence-electron chi connectivity index (χ2n) is 2.96. The van der Waals surface area contributed by atoms with E-state index in [0.717, 1.165) is 5.01 Å². The molecule has 0 atom stereocenters. The Morgan fingerprint density at radius 3 is 2.00 bits per heavy atom. The third-order valence-corrected chi connectivity index (χ3v) is 1.95. The van der Waals surface area contributed by atoms with Gasteiger partial charge in [-0.05, 0) is 0 Å². The molecule has 0 aliphatic heterocycles. The topological polar surface area (TPSA) is 64.8 Å². The predicted octanol–water partition coefficient (Wildman–Crippen LogP) is 0.930. The number of ether oxygens (including phenoxy) is 2. The number of methoxy groups -OCH3 is 2. The van der Waals surface area contributed by atoms with Crippen molar-refractivity contribution >= 4 is 11.6 Å². The second kappa shape index (κ2) is 4.65. The molecule has 5 nitrogen and oxygen atoms in total. The number of hydrogen-bond donors (Lipinski definition) is 1. The van der Waals surface area contributed by atoms with Crippen molar-refractivity contribution in [2.75, 3.05) is 19.2 Å². The Hall–Kier alpha value is -1.75. The largest absolute Gasteiger partial charge is 0.497 e. The first-order valence-electron chi connectivity index (χ1n) is 4.37. The molecule has 15 heavy (non-hydrogen) atoms. The first kappa shape index (κ1) is 11.3. The lowest BCUT2D eigenvalue weighted by Gasteiger charge is -2.16. The average molecular weight is 210 g/mol. The normalized spacial score (nSPS) is 9.60. The molecule has 1 rings (SSSR count). The number of anilines is 1. The number of nitrogens with two attached hydrogens (primary N) is 1. The van der Waals surface area contributed by atoms with E-state index in [9.17, 15) is 4.79 Å². The van der Waals surface area contributed by atoms with Gasteiger partial charge in [-0.15, -0.1) is 0 Å². The number of benzene rings is 1. The van der Waals surface area contributed by atoms with Gasteiger partial charge < -0.3 is 9.47 Å². The van der Waals surface area contributed by atoms with E-state index in [1.807, 2.05) is 0 Å². The molecule has 82 valence electrons. The van der Waals surface area contributed by atoms with Crippen molar-refractivity contribution in [2.24, 2.45) is 5.84 Å². The summed E-state index contributed by atoms with van der Waals surface area (Å²) in [6.45, 7) is 1.38. The Balaban J connectivity index is 3.11. The van der Waals surface area contributed by atoms with Crippen LogP contribution in [0.25, 0.3) is 0 Å². The summed E-state index contributed by atoms with van der Waals surface area (Å²) in [4.78, 5) is 11.1. The van der Waals surface area contributed by atoms with E-state index in [4.69, 9.17) is 15.3 Å². The molecular formula is C10H14N2O3. The summed E-state index contributed by atoms with van der Waals surface area (Å²) >= 11 is 0. The summed E-state index contributed by atoms with van der Waals surface area (Å²) < 4.78 is 10.1. The van der Waals surface area contributed by atoms with E-state index < -0.39 is 0 Å². The van der Waals surface area contributed by atoms with E-state index in [0.29, 0.717) is 17.2 Å². The number of carbonyl (C=O) groups excluding carboxylic acids is 1. The van der Waals surface area contributed by atoms with E-state index in [1.165, 1.54) is 21.1 Å². The van der Waals surface area contributed by atoms with Crippen molar-refractivity contribution in [3.05, 3.63) is 18.2 Å². The minimum absolute atomic E-state index is 0.259. The molecule has 0 aromatic heterocycles. The monoisotopic (exact) mass is 210 g/mol. The van der Waals surface area contributed by atoms with E-state index in [2.05, 4.69) is 0 Å². The zero-order valence-electron chi connectivity index (χ0n) is 8.98. The highest BCUT2D eigenvalue weighted by Crippen LogP contribution is 2.27. The lowest BCUT2D eigenvalue weighted by atomic mass is 10.2. The molecule has 0 aliphatic rings. The van der Waals surface area contributed by atoms with Gasteiger partial charge in [-0.3, -0.25) is 4.79 Å². The van der Waals surface area contributed by atoms with E-state index >= 15 is 0 Å². The lowest BCUT2D eigenvalue weighted by Crippen LogP contribution is -2.35. The molecular weight excluding hydrogens is 196 g/mol. The lowest BCUT2D eigenvalue weighted by molar-refractivity contribution is -0.116. The summed E-state index contributed by atoms with van der Waals surface area (Å²) in [5.41, 5.74) is 0.527. The molecule has 0 radical (unpaired) electrons. The molecule has 5 heteroatoms. The number of carbonyl (C=O) groups is 1. The standard InChI is InChI=1S/C10H14N2O3/c1-7(13)12(11)8-4-9(14-2)6-10(5-8)15-3/h4-6H,11H2,1-3H3. The van der Waals surface area contributed by atoms with Crippen LogP contribution in [0.2, 0.25) is 0 Å². The van der Waals surface area contributed by atoms with E-state index in [-0.39, 0.29) is 5.91 Å². The third-order valence-electron chi connectivity index (χ3n) is 1.95. The Morgan fingerprint density at radius 2 is 1.67 bits per heavy atom. The molecule has 0 saturated heterocycles. The fourth-order valence-corrected chi connectivity index (χ4v) is 1.11. The molecule has 0 fully saturated rings. The smallest absolute Gasteiger partial charge is 0.238 e. The van der Waals surface area contributed by atoms with Crippen molar-refractivity contribution in [1.29, 1.82) is 0 Å². The minimum Gasteiger partial charge on any atom is -0.497 e. The van der Waals surface area contributed by atoms with Crippen molar-refractivity contribution in [2.45, 2.75) is 6.92 Å². The SMILES string of the molecule is COc1cc(OC)cc(N(N)C(C)=O)c1. The van der Waals surface area contributed by atoms with Gasteiger partial charge in [0.15, 0.2) is 0 Å². The molecule has 2 N–H and O–H groups in total. The van der Waals surface area contributed by atoms with Crippen LogP contribution >= 0.6 is 0 Å². The van der Waals surface area contributed by atoms with Crippen LogP contribution in [0.1, 0.15) is 6.92 Å². The van der Waals surface area contributed by atoms with Crippen LogP contribution in [0, 0.1) is 0 Å². The second-order valence-corrected chi connectivity index (χ2v) is 2.96. The van der Waals surface area contributed by atoms with Crippen LogP contribution in [0.5, 0.6) is 11.5 Å². The fourth-order valence-electron chi connectivity index (χ4n) is 1.11. The van der Waals surface area contributed by atoms with E-state index in [1.54, 1.807) is 18.2 Å². The Kier molecular flexibility index (Phi) is 3.51. The average Bonchev–Trinajstić information content (AvgIpc) is 2.27. The van der Waals surface area contributed by atoms with Crippen molar-refractivity contribution in [3.8, 4) is 11.5 Å². The van der Waals surface area contributed by atoms with Gasteiger partial charge in [-0.1, -0.05) is 0 Å². The summed E-state index contributed by atoms with van der Waals surface area (Å²) in [6, 6.07) is 5.02. The van der Waals surface area contributed by atoms with Crippen LogP contribution in [-0.4, -0.2) is 20.1 Å². The van der Waals surface area contributed by atoms with Crippen molar-refractivity contribution < 1.29 is 14.3 Å². The van der Waals surface area contributed by atoms with Gasteiger partial charge in [-0.2, -0.15) is 0 Å². The van der Waals surface area contributed by atoms with Gasteiger partial charge in [0.2, 0.25) is 5.91 Å². The Bertz CT molecular complexity index is 343. The molecule has 0 spiro atoms. The highest BCUT2D eigenvalue weighted by molar-refractivity contribution is 5.90. The number of hydrogen-bond acceptors (Lipinski definition) is 4. The Morgan fingerprint density at radius 1 is 1.20 bits per heavy atom. The van der Waals surface area contributed by atoms with Crippen LogP contribution < -0.4 is 20.3 Å². The van der Waals surface area contributed by atoms with Crippen LogP contribution in [0.15, 0.2) is 18.2 Å². The zero-order valence-corrected chi connectivity index (χ0v) is 8.98. The highest BCUT2D eigenvalue weighted by atomic mass is 16.5. The maximum atomic E-state index is 11.1. The number of nitrogens with zero attached hydrogens (tertiary/aromatic N) is 1. The molecule has 0 aliphatic carbocycles. The summed E-state index contributed by atoms with van der Waals surface area (Å²) in [6.07, 6.45) is 0. The summed E-state index contributed by atoms with van der Waals surface area (Å²) in [5, 5.41) is 1.03. The molecule has 0 heterocycles. The molecule has 0 bridgehead atoms. The molecule has 0 saturated carbocycles. The summed E-state index contributed by atoms with van der Waals surface area (Å²) in [5.74, 6) is 6.47. The first-order chi connectivity index (χ1) is 7.08. The predicted molar refractivity (Wildman–Crippen MR) is 56.9 cm³/mol. The number of amides is 1. The number of hydrazine groups is 1.